The molecule has 0 aliphatic heterocycles. The average molecular weight is 167 g/mol. The Morgan fingerprint density at radius 3 is 2.73 bits per heavy atom. The summed E-state index contributed by atoms with van der Waals surface area (Å²) in [5.41, 5.74) is 2.45. The molecule has 0 spiro atoms. The number of halogens is 1. The molecule has 0 N–H and O–H groups in total. The van der Waals surface area contributed by atoms with Crippen molar-refractivity contribution in [2.24, 2.45) is 0 Å². The maximum atomic E-state index is 5.82. The molecule has 58 valence electrons. The second-order valence-corrected chi connectivity index (χ2v) is 2.92. The van der Waals surface area contributed by atoms with Gasteiger partial charge in [-0.1, -0.05) is 29.8 Å². The van der Waals surface area contributed by atoms with E-state index < -0.39 is 0 Å². The van der Waals surface area contributed by atoms with E-state index in [1.807, 2.05) is 25.1 Å². The van der Waals surface area contributed by atoms with E-state index >= 15 is 0 Å². The van der Waals surface area contributed by atoms with Gasteiger partial charge in [-0.15, -0.1) is 0 Å². The fourth-order valence-electron chi connectivity index (χ4n) is 0.900. The van der Waals surface area contributed by atoms with E-state index in [2.05, 4.69) is 19.1 Å². The van der Waals surface area contributed by atoms with Crippen LogP contribution in [0.15, 0.2) is 30.3 Å². The van der Waals surface area contributed by atoms with Crippen molar-refractivity contribution in [3.8, 4) is 0 Å². The van der Waals surface area contributed by atoms with Crippen LogP contribution in [-0.4, -0.2) is 0 Å². The van der Waals surface area contributed by atoms with E-state index in [0.717, 1.165) is 5.02 Å². The fourth-order valence-corrected chi connectivity index (χ4v) is 1.09. The maximum absolute atomic E-state index is 5.82. The highest BCUT2D eigenvalue weighted by atomic mass is 35.5. The van der Waals surface area contributed by atoms with Crippen LogP contribution in [0, 0.1) is 0 Å². The summed E-state index contributed by atoms with van der Waals surface area (Å²) in [5, 5.41) is 0.795. The monoisotopic (exact) mass is 166 g/mol. The average Bonchev–Trinajstić information content (AvgIpc) is 2.03. The van der Waals surface area contributed by atoms with Crippen molar-refractivity contribution in [1.82, 2.24) is 0 Å². The topological polar surface area (TPSA) is 0 Å². The predicted molar refractivity (Wildman–Crippen MR) is 50.8 cm³/mol. The van der Waals surface area contributed by atoms with Crippen LogP contribution in [0.25, 0.3) is 5.57 Å². The molecule has 0 bridgehead atoms. The number of hydrogen-bond acceptors (Lipinski definition) is 0. The van der Waals surface area contributed by atoms with Crippen molar-refractivity contribution in [1.29, 1.82) is 0 Å². The number of benzene rings is 1. The van der Waals surface area contributed by atoms with Gasteiger partial charge in [0, 0.05) is 5.02 Å². The standard InChI is InChI=1S/C10H11Cl/c1-3-8(2)9-5-4-6-10(11)7-9/h3-7H,1-2H3/b8-3-. The van der Waals surface area contributed by atoms with E-state index in [-0.39, 0.29) is 0 Å². The molecule has 1 heteroatoms. The van der Waals surface area contributed by atoms with Crippen LogP contribution in [0.3, 0.4) is 0 Å². The Bertz CT molecular complexity index is 274. The van der Waals surface area contributed by atoms with Crippen molar-refractivity contribution in [2.45, 2.75) is 13.8 Å². The lowest BCUT2D eigenvalue weighted by molar-refractivity contribution is 1.54. The third-order valence-electron chi connectivity index (χ3n) is 1.71. The van der Waals surface area contributed by atoms with Gasteiger partial charge in [0.05, 0.1) is 0 Å². The summed E-state index contributed by atoms with van der Waals surface area (Å²) >= 11 is 5.82. The largest absolute Gasteiger partial charge is 0.0843 e. The first-order chi connectivity index (χ1) is 5.24. The van der Waals surface area contributed by atoms with Gasteiger partial charge < -0.3 is 0 Å². The second-order valence-electron chi connectivity index (χ2n) is 2.48. The Balaban J connectivity index is 3.06. The van der Waals surface area contributed by atoms with Crippen LogP contribution in [0.4, 0.5) is 0 Å². The molecule has 0 aliphatic rings. The van der Waals surface area contributed by atoms with E-state index in [1.165, 1.54) is 11.1 Å². The van der Waals surface area contributed by atoms with Crippen LogP contribution >= 0.6 is 11.6 Å². The maximum Gasteiger partial charge on any atom is 0.0412 e. The molecule has 0 heterocycles. The minimum atomic E-state index is 0.795. The highest BCUT2D eigenvalue weighted by Crippen LogP contribution is 2.17. The van der Waals surface area contributed by atoms with E-state index in [0.29, 0.717) is 0 Å². The van der Waals surface area contributed by atoms with E-state index in [1.54, 1.807) is 0 Å². The molecule has 0 aromatic heterocycles. The molecule has 0 radical (unpaired) electrons. The zero-order valence-corrected chi connectivity index (χ0v) is 7.52. The normalized spacial score (nSPS) is 11.7. The van der Waals surface area contributed by atoms with Crippen molar-refractivity contribution < 1.29 is 0 Å². The van der Waals surface area contributed by atoms with Crippen LogP contribution in [0.1, 0.15) is 19.4 Å². The van der Waals surface area contributed by atoms with Gasteiger partial charge in [-0.25, -0.2) is 0 Å². The third kappa shape index (κ3) is 2.09. The van der Waals surface area contributed by atoms with Gasteiger partial charge >= 0.3 is 0 Å². The molecule has 0 saturated carbocycles. The fraction of sp³-hybridized carbons (Fsp3) is 0.200. The van der Waals surface area contributed by atoms with Crippen molar-refractivity contribution in [3.05, 3.63) is 40.9 Å². The summed E-state index contributed by atoms with van der Waals surface area (Å²) in [7, 11) is 0. The lowest BCUT2D eigenvalue weighted by atomic mass is 10.1. The zero-order chi connectivity index (χ0) is 8.27. The van der Waals surface area contributed by atoms with Crippen LogP contribution in [-0.2, 0) is 0 Å². The minimum Gasteiger partial charge on any atom is -0.0843 e. The molecule has 0 aliphatic carbocycles. The molecule has 0 fully saturated rings. The first kappa shape index (κ1) is 8.35. The molecule has 1 aromatic carbocycles. The van der Waals surface area contributed by atoms with Gasteiger partial charge in [0.2, 0.25) is 0 Å². The van der Waals surface area contributed by atoms with Gasteiger partial charge in [-0.3, -0.25) is 0 Å². The Labute approximate surface area is 72.5 Å². The zero-order valence-electron chi connectivity index (χ0n) is 6.76. The molecule has 0 unspecified atom stereocenters. The Hall–Kier alpha value is -0.750. The second kappa shape index (κ2) is 3.59. The summed E-state index contributed by atoms with van der Waals surface area (Å²) in [4.78, 5) is 0. The third-order valence-corrected chi connectivity index (χ3v) is 1.95. The van der Waals surface area contributed by atoms with Gasteiger partial charge in [-0.2, -0.15) is 0 Å². The van der Waals surface area contributed by atoms with Crippen LogP contribution in [0.5, 0.6) is 0 Å². The molecule has 1 rings (SSSR count). The molecule has 1 aromatic rings. The molecular formula is C10H11Cl. The first-order valence-corrected chi connectivity index (χ1v) is 4.00. The summed E-state index contributed by atoms with van der Waals surface area (Å²) in [5.74, 6) is 0. The lowest BCUT2D eigenvalue weighted by Crippen LogP contribution is -1.77. The molecule has 0 amide bonds. The van der Waals surface area contributed by atoms with Crippen molar-refractivity contribution in [3.63, 3.8) is 0 Å². The highest BCUT2D eigenvalue weighted by Gasteiger charge is 1.93. The molecule has 0 atom stereocenters. The smallest absolute Gasteiger partial charge is 0.0412 e. The predicted octanol–water partition coefficient (Wildman–Crippen LogP) is 3.76. The van der Waals surface area contributed by atoms with Crippen LogP contribution < -0.4 is 0 Å². The number of rotatable bonds is 1. The SMILES string of the molecule is C/C=C(/C)c1cccc(Cl)c1. The van der Waals surface area contributed by atoms with Gasteiger partial charge in [0.15, 0.2) is 0 Å². The van der Waals surface area contributed by atoms with Gasteiger partial charge in [0.1, 0.15) is 0 Å². The van der Waals surface area contributed by atoms with Gasteiger partial charge in [-0.05, 0) is 37.1 Å². The first-order valence-electron chi connectivity index (χ1n) is 3.63. The summed E-state index contributed by atoms with van der Waals surface area (Å²) in [6, 6.07) is 7.87. The van der Waals surface area contributed by atoms with Crippen LogP contribution in [0.2, 0.25) is 5.02 Å². The molecule has 0 saturated heterocycles. The summed E-state index contributed by atoms with van der Waals surface area (Å²) < 4.78 is 0. The minimum absolute atomic E-state index is 0.795. The molecule has 0 nitrogen and oxygen atoms in total. The Kier molecular flexibility index (Phi) is 2.72. The van der Waals surface area contributed by atoms with Crippen molar-refractivity contribution >= 4 is 17.2 Å². The molecular weight excluding hydrogens is 156 g/mol. The molecule has 11 heavy (non-hydrogen) atoms. The number of allylic oxidation sites excluding steroid dienone is 2. The highest BCUT2D eigenvalue weighted by molar-refractivity contribution is 6.30. The quantitative estimate of drug-likeness (QED) is 0.596. The summed E-state index contributed by atoms with van der Waals surface area (Å²) in [6.07, 6.45) is 2.08. The van der Waals surface area contributed by atoms with Crippen molar-refractivity contribution in [2.75, 3.05) is 0 Å². The van der Waals surface area contributed by atoms with Gasteiger partial charge in [0.25, 0.3) is 0 Å². The number of hydrogen-bond donors (Lipinski definition) is 0. The van der Waals surface area contributed by atoms with E-state index in [9.17, 15) is 0 Å². The summed E-state index contributed by atoms with van der Waals surface area (Å²) in [6.45, 7) is 4.10. The Morgan fingerprint density at radius 1 is 1.45 bits per heavy atom. The lowest BCUT2D eigenvalue weighted by Gasteiger charge is -1.99. The van der Waals surface area contributed by atoms with E-state index in [4.69, 9.17) is 11.6 Å². The Morgan fingerprint density at radius 2 is 2.18 bits per heavy atom.